The van der Waals surface area contributed by atoms with Gasteiger partial charge in [0.1, 0.15) is 5.82 Å². The number of rotatable bonds is 6. The zero-order valence-corrected chi connectivity index (χ0v) is 18.5. The molecule has 0 radical (unpaired) electrons. The molecule has 2 heterocycles. The number of nitrogens with zero attached hydrogens (tertiary/aromatic N) is 2. The molecular formula is C28H27FN2O. The molecule has 0 spiro atoms. The summed E-state index contributed by atoms with van der Waals surface area (Å²) < 4.78 is 19.9. The molecule has 0 aliphatic carbocycles. The van der Waals surface area contributed by atoms with Crippen LogP contribution in [0.15, 0.2) is 79.0 Å². The summed E-state index contributed by atoms with van der Waals surface area (Å²) in [6.07, 6.45) is 2.86. The van der Waals surface area contributed by atoms with E-state index in [1.807, 2.05) is 36.5 Å². The highest BCUT2D eigenvalue weighted by Crippen LogP contribution is 2.44. The number of benzene rings is 3. The first-order chi connectivity index (χ1) is 15.6. The van der Waals surface area contributed by atoms with Crippen LogP contribution in [-0.4, -0.2) is 30.5 Å². The van der Waals surface area contributed by atoms with Gasteiger partial charge in [-0.05, 0) is 79.6 Å². The van der Waals surface area contributed by atoms with E-state index in [9.17, 15) is 4.39 Å². The maximum Gasteiger partial charge on any atom is 0.123 e. The Kier molecular flexibility index (Phi) is 5.73. The lowest BCUT2D eigenvalue weighted by Crippen LogP contribution is -2.19. The van der Waals surface area contributed by atoms with Crippen molar-refractivity contribution in [1.29, 1.82) is 0 Å². The second kappa shape index (κ2) is 8.81. The van der Waals surface area contributed by atoms with Crippen molar-refractivity contribution in [1.82, 2.24) is 9.88 Å². The van der Waals surface area contributed by atoms with E-state index in [0.717, 1.165) is 40.6 Å². The molecule has 1 aliphatic rings. The SMILES string of the molecule is CN(C)CCC(c1ccc(F)cc1)C1OCc2cc(-c3cnc4ccccc4c3)ccc21. The molecule has 2 unspecified atom stereocenters. The average molecular weight is 427 g/mol. The highest BCUT2D eigenvalue weighted by molar-refractivity contribution is 5.83. The highest BCUT2D eigenvalue weighted by Gasteiger charge is 2.32. The number of fused-ring (bicyclic) bond motifs is 2. The van der Waals surface area contributed by atoms with Gasteiger partial charge in [-0.25, -0.2) is 4.39 Å². The Morgan fingerprint density at radius 1 is 1.00 bits per heavy atom. The standard InChI is InChI=1S/C28H27FN2O/c1-31(2)14-13-26(19-7-10-24(29)11-8-19)28-25-12-9-20(15-23(25)18-32-28)22-16-21-5-3-4-6-27(21)30-17-22/h3-12,15-17,26,28H,13-14,18H2,1-2H3. The average Bonchev–Trinajstić information content (AvgIpc) is 3.23. The molecule has 0 saturated heterocycles. The summed E-state index contributed by atoms with van der Waals surface area (Å²) in [7, 11) is 4.16. The van der Waals surface area contributed by atoms with E-state index in [0.29, 0.717) is 6.61 Å². The first kappa shape index (κ1) is 20.8. The van der Waals surface area contributed by atoms with Crippen molar-refractivity contribution < 1.29 is 9.13 Å². The molecule has 5 rings (SSSR count). The summed E-state index contributed by atoms with van der Waals surface area (Å²) in [5.41, 5.74) is 6.83. The van der Waals surface area contributed by atoms with Crippen LogP contribution in [-0.2, 0) is 11.3 Å². The maximum absolute atomic E-state index is 13.5. The molecule has 0 fully saturated rings. The van der Waals surface area contributed by atoms with Crippen LogP contribution in [0.4, 0.5) is 4.39 Å². The Hall–Kier alpha value is -3.08. The van der Waals surface area contributed by atoms with Crippen molar-refractivity contribution in [2.24, 2.45) is 0 Å². The fourth-order valence-electron chi connectivity index (χ4n) is 4.62. The lowest BCUT2D eigenvalue weighted by atomic mass is 9.85. The van der Waals surface area contributed by atoms with Gasteiger partial charge in [0.05, 0.1) is 18.2 Å². The minimum atomic E-state index is -0.207. The predicted molar refractivity (Wildman–Crippen MR) is 127 cm³/mol. The van der Waals surface area contributed by atoms with E-state index in [1.54, 1.807) is 12.1 Å². The predicted octanol–water partition coefficient (Wildman–Crippen LogP) is 6.35. The summed E-state index contributed by atoms with van der Waals surface area (Å²) in [6.45, 7) is 1.53. The van der Waals surface area contributed by atoms with E-state index >= 15 is 0 Å². The van der Waals surface area contributed by atoms with Crippen molar-refractivity contribution in [2.75, 3.05) is 20.6 Å². The Bertz CT molecular complexity index is 1240. The second-order valence-electron chi connectivity index (χ2n) is 8.81. The fraction of sp³-hybridized carbons (Fsp3) is 0.250. The minimum absolute atomic E-state index is 0.0285. The monoisotopic (exact) mass is 426 g/mol. The molecule has 162 valence electrons. The van der Waals surface area contributed by atoms with Gasteiger partial charge in [0.25, 0.3) is 0 Å². The van der Waals surface area contributed by atoms with Gasteiger partial charge in [-0.15, -0.1) is 0 Å². The van der Waals surface area contributed by atoms with Crippen LogP contribution in [0.5, 0.6) is 0 Å². The minimum Gasteiger partial charge on any atom is -0.368 e. The van der Waals surface area contributed by atoms with Crippen LogP contribution in [0.3, 0.4) is 0 Å². The molecule has 3 nitrogen and oxygen atoms in total. The third-order valence-electron chi connectivity index (χ3n) is 6.34. The van der Waals surface area contributed by atoms with Gasteiger partial charge in [-0.3, -0.25) is 4.98 Å². The molecule has 2 atom stereocenters. The van der Waals surface area contributed by atoms with Gasteiger partial charge in [0, 0.05) is 23.1 Å². The Balaban J connectivity index is 1.47. The topological polar surface area (TPSA) is 25.4 Å². The first-order valence-corrected chi connectivity index (χ1v) is 11.1. The maximum atomic E-state index is 13.5. The lowest BCUT2D eigenvalue weighted by Gasteiger charge is -2.26. The number of aromatic nitrogens is 1. The van der Waals surface area contributed by atoms with Crippen LogP contribution in [0.25, 0.3) is 22.0 Å². The summed E-state index contributed by atoms with van der Waals surface area (Å²) in [5.74, 6) is -0.0334. The number of hydrogen-bond acceptors (Lipinski definition) is 3. The highest BCUT2D eigenvalue weighted by atomic mass is 19.1. The molecule has 0 bridgehead atoms. The van der Waals surface area contributed by atoms with E-state index in [-0.39, 0.29) is 17.8 Å². The molecule has 0 amide bonds. The largest absolute Gasteiger partial charge is 0.368 e. The van der Waals surface area contributed by atoms with Crippen LogP contribution < -0.4 is 0 Å². The Morgan fingerprint density at radius 3 is 2.62 bits per heavy atom. The van der Waals surface area contributed by atoms with Gasteiger partial charge in [0.2, 0.25) is 0 Å². The van der Waals surface area contributed by atoms with E-state index < -0.39 is 0 Å². The van der Waals surface area contributed by atoms with Crippen molar-refractivity contribution >= 4 is 10.9 Å². The summed E-state index contributed by atoms with van der Waals surface area (Å²) >= 11 is 0. The van der Waals surface area contributed by atoms with Gasteiger partial charge in [-0.1, -0.05) is 42.5 Å². The molecule has 0 saturated carbocycles. The van der Waals surface area contributed by atoms with Gasteiger partial charge < -0.3 is 9.64 Å². The summed E-state index contributed by atoms with van der Waals surface area (Å²) in [5, 5.41) is 1.14. The lowest BCUT2D eigenvalue weighted by molar-refractivity contribution is 0.0420. The van der Waals surface area contributed by atoms with Gasteiger partial charge in [-0.2, -0.15) is 0 Å². The van der Waals surface area contributed by atoms with Crippen LogP contribution >= 0.6 is 0 Å². The Labute approximate surface area is 188 Å². The van der Waals surface area contributed by atoms with Crippen LogP contribution in [0, 0.1) is 5.82 Å². The van der Waals surface area contributed by atoms with Crippen LogP contribution in [0.2, 0.25) is 0 Å². The molecular weight excluding hydrogens is 399 g/mol. The third-order valence-corrected chi connectivity index (χ3v) is 6.34. The van der Waals surface area contributed by atoms with Crippen molar-refractivity contribution in [2.45, 2.75) is 25.0 Å². The number of pyridine rings is 1. The van der Waals surface area contributed by atoms with E-state index in [1.165, 1.54) is 11.1 Å². The number of para-hydroxylation sites is 1. The van der Waals surface area contributed by atoms with E-state index in [4.69, 9.17) is 4.74 Å². The fourth-order valence-corrected chi connectivity index (χ4v) is 4.62. The third kappa shape index (κ3) is 4.16. The number of ether oxygens (including phenoxy) is 1. The zero-order valence-electron chi connectivity index (χ0n) is 18.5. The van der Waals surface area contributed by atoms with Gasteiger partial charge in [0.15, 0.2) is 0 Å². The molecule has 1 aromatic heterocycles. The first-order valence-electron chi connectivity index (χ1n) is 11.1. The summed E-state index contributed by atoms with van der Waals surface area (Å²) in [6, 6.07) is 23.8. The normalized spacial score (nSPS) is 16.4. The number of hydrogen-bond donors (Lipinski definition) is 0. The molecule has 0 N–H and O–H groups in total. The number of halogens is 1. The molecule has 32 heavy (non-hydrogen) atoms. The zero-order chi connectivity index (χ0) is 22.1. The van der Waals surface area contributed by atoms with Gasteiger partial charge >= 0.3 is 0 Å². The molecule has 3 aromatic carbocycles. The summed E-state index contributed by atoms with van der Waals surface area (Å²) in [4.78, 5) is 6.80. The Morgan fingerprint density at radius 2 is 1.81 bits per heavy atom. The molecule has 4 aromatic rings. The van der Waals surface area contributed by atoms with Crippen molar-refractivity contribution in [3.63, 3.8) is 0 Å². The van der Waals surface area contributed by atoms with E-state index in [2.05, 4.69) is 54.3 Å². The molecule has 4 heteroatoms. The van der Waals surface area contributed by atoms with Crippen molar-refractivity contribution in [3.05, 3.63) is 102 Å². The molecule has 1 aliphatic heterocycles. The second-order valence-corrected chi connectivity index (χ2v) is 8.81. The van der Waals surface area contributed by atoms with Crippen LogP contribution in [0.1, 0.15) is 35.1 Å². The van der Waals surface area contributed by atoms with Crippen molar-refractivity contribution in [3.8, 4) is 11.1 Å². The quantitative estimate of drug-likeness (QED) is 0.359. The smallest absolute Gasteiger partial charge is 0.123 e.